The third-order valence-electron chi connectivity index (χ3n) is 5.05. The van der Waals surface area contributed by atoms with Gasteiger partial charge in [0.1, 0.15) is 22.5 Å². The Bertz CT molecular complexity index is 1150. The van der Waals surface area contributed by atoms with Gasteiger partial charge in [0.15, 0.2) is 9.84 Å². The van der Waals surface area contributed by atoms with Crippen molar-refractivity contribution in [2.75, 3.05) is 19.3 Å². The van der Waals surface area contributed by atoms with Gasteiger partial charge in [-0.15, -0.1) is 0 Å². The molecule has 10 nitrogen and oxygen atoms in total. The molecular formula is C17H20N6O4S. The average molecular weight is 404 g/mol. The van der Waals surface area contributed by atoms with Crippen molar-refractivity contribution in [3.63, 3.8) is 0 Å². The second kappa shape index (κ2) is 6.66. The van der Waals surface area contributed by atoms with E-state index in [1.165, 1.54) is 17.0 Å². The van der Waals surface area contributed by atoms with Gasteiger partial charge in [-0.2, -0.15) is 14.6 Å². The third kappa shape index (κ3) is 3.05. The largest absolute Gasteiger partial charge is 0.361 e. The molecule has 148 valence electrons. The fourth-order valence-corrected chi connectivity index (χ4v) is 4.65. The van der Waals surface area contributed by atoms with Gasteiger partial charge in [0.2, 0.25) is 0 Å². The van der Waals surface area contributed by atoms with Crippen molar-refractivity contribution in [1.29, 1.82) is 0 Å². The van der Waals surface area contributed by atoms with Gasteiger partial charge in [-0.25, -0.2) is 13.4 Å². The maximum absolute atomic E-state index is 13.0. The first-order valence-corrected chi connectivity index (χ1v) is 10.8. The Hall–Kier alpha value is -2.82. The van der Waals surface area contributed by atoms with Crippen LogP contribution in [0.1, 0.15) is 46.3 Å². The SMILES string of the molecule is Cc1noc(C)c1C(=O)N1CCC[C@@H](c2c(S(C)(=O)=O)cnc3ncnn23)C1. The van der Waals surface area contributed by atoms with Crippen LogP contribution in [0.3, 0.4) is 0 Å². The van der Waals surface area contributed by atoms with Crippen molar-refractivity contribution in [3.05, 3.63) is 35.2 Å². The molecule has 1 aliphatic rings. The predicted molar refractivity (Wildman–Crippen MR) is 97.7 cm³/mol. The lowest BCUT2D eigenvalue weighted by Crippen LogP contribution is -2.40. The summed E-state index contributed by atoms with van der Waals surface area (Å²) in [6, 6.07) is 0. The van der Waals surface area contributed by atoms with Crippen molar-refractivity contribution < 1.29 is 17.7 Å². The van der Waals surface area contributed by atoms with Gasteiger partial charge < -0.3 is 9.42 Å². The van der Waals surface area contributed by atoms with Crippen molar-refractivity contribution in [3.8, 4) is 0 Å². The molecule has 11 heteroatoms. The van der Waals surface area contributed by atoms with E-state index in [1.54, 1.807) is 18.7 Å². The Labute approximate surface area is 161 Å². The monoisotopic (exact) mass is 404 g/mol. The summed E-state index contributed by atoms with van der Waals surface area (Å²) in [4.78, 5) is 23.0. The molecule has 0 saturated carbocycles. The van der Waals surface area contributed by atoms with Crippen LogP contribution < -0.4 is 0 Å². The molecule has 3 aromatic heterocycles. The van der Waals surface area contributed by atoms with Gasteiger partial charge in [-0.1, -0.05) is 5.16 Å². The lowest BCUT2D eigenvalue weighted by Gasteiger charge is -2.33. The minimum atomic E-state index is -3.53. The molecule has 1 fully saturated rings. The van der Waals surface area contributed by atoms with Gasteiger partial charge in [-0.3, -0.25) is 4.79 Å². The molecule has 0 N–H and O–H groups in total. The summed E-state index contributed by atoms with van der Waals surface area (Å²) in [6.07, 6.45) is 5.28. The molecular weight excluding hydrogens is 384 g/mol. The van der Waals surface area contributed by atoms with Gasteiger partial charge in [0.25, 0.3) is 11.7 Å². The van der Waals surface area contributed by atoms with E-state index >= 15 is 0 Å². The van der Waals surface area contributed by atoms with E-state index in [-0.39, 0.29) is 16.7 Å². The molecule has 0 radical (unpaired) electrons. The number of carbonyl (C=O) groups is 1. The second-order valence-electron chi connectivity index (χ2n) is 7.04. The Morgan fingerprint density at radius 2 is 2.07 bits per heavy atom. The molecule has 0 spiro atoms. The van der Waals surface area contributed by atoms with E-state index in [1.807, 2.05) is 0 Å². The average Bonchev–Trinajstić information content (AvgIpc) is 3.26. The third-order valence-corrected chi connectivity index (χ3v) is 6.16. The van der Waals surface area contributed by atoms with Crippen LogP contribution in [0, 0.1) is 13.8 Å². The van der Waals surface area contributed by atoms with E-state index in [0.29, 0.717) is 41.6 Å². The van der Waals surface area contributed by atoms with Crippen LogP contribution >= 0.6 is 0 Å². The summed E-state index contributed by atoms with van der Waals surface area (Å²) in [5.41, 5.74) is 1.52. The minimum Gasteiger partial charge on any atom is -0.361 e. The minimum absolute atomic E-state index is 0.113. The molecule has 4 rings (SSSR count). The van der Waals surface area contributed by atoms with Gasteiger partial charge in [-0.05, 0) is 26.7 Å². The lowest BCUT2D eigenvalue weighted by atomic mass is 9.93. The number of nitrogens with zero attached hydrogens (tertiary/aromatic N) is 6. The lowest BCUT2D eigenvalue weighted by molar-refractivity contribution is 0.0702. The predicted octanol–water partition coefficient (Wildman–Crippen LogP) is 1.15. The highest BCUT2D eigenvalue weighted by molar-refractivity contribution is 7.90. The van der Waals surface area contributed by atoms with Crippen LogP contribution in [0.25, 0.3) is 5.78 Å². The molecule has 3 aromatic rings. The summed E-state index contributed by atoms with van der Waals surface area (Å²) in [6.45, 7) is 4.39. The number of hydrogen-bond acceptors (Lipinski definition) is 8. The van der Waals surface area contributed by atoms with Crippen molar-refractivity contribution in [2.45, 2.75) is 37.5 Å². The van der Waals surface area contributed by atoms with Crippen LogP contribution in [-0.4, -0.2) is 63.3 Å². The number of hydrogen-bond donors (Lipinski definition) is 0. The fraction of sp³-hybridized carbons (Fsp3) is 0.471. The molecule has 1 amide bonds. The maximum Gasteiger partial charge on any atom is 0.259 e. The number of aromatic nitrogens is 5. The van der Waals surface area contributed by atoms with E-state index in [0.717, 1.165) is 19.1 Å². The second-order valence-corrected chi connectivity index (χ2v) is 9.03. The Balaban J connectivity index is 1.75. The smallest absolute Gasteiger partial charge is 0.259 e. The molecule has 0 unspecified atom stereocenters. The first kappa shape index (κ1) is 18.5. The van der Waals surface area contributed by atoms with Crippen molar-refractivity contribution in [1.82, 2.24) is 29.6 Å². The number of amides is 1. The fourth-order valence-electron chi connectivity index (χ4n) is 3.77. The summed E-state index contributed by atoms with van der Waals surface area (Å²) in [5.74, 6) is 0.432. The van der Waals surface area contributed by atoms with Crippen molar-refractivity contribution in [2.24, 2.45) is 0 Å². The molecule has 1 aliphatic heterocycles. The van der Waals surface area contributed by atoms with Crippen LogP contribution in [0.15, 0.2) is 21.9 Å². The molecule has 0 aromatic carbocycles. The number of rotatable bonds is 3. The zero-order valence-corrected chi connectivity index (χ0v) is 16.6. The number of sulfone groups is 1. The summed E-state index contributed by atoms with van der Waals surface area (Å²) in [5, 5.41) is 8.02. The first-order valence-electron chi connectivity index (χ1n) is 8.88. The highest BCUT2D eigenvalue weighted by Gasteiger charge is 2.33. The summed E-state index contributed by atoms with van der Waals surface area (Å²) in [7, 11) is -3.53. The quantitative estimate of drug-likeness (QED) is 0.637. The van der Waals surface area contributed by atoms with Crippen LogP contribution in [0.5, 0.6) is 0 Å². The molecule has 1 saturated heterocycles. The summed E-state index contributed by atoms with van der Waals surface area (Å²) < 4.78 is 31.3. The Kier molecular flexibility index (Phi) is 4.41. The molecule has 1 atom stereocenters. The van der Waals surface area contributed by atoms with Gasteiger partial charge in [0, 0.05) is 25.3 Å². The van der Waals surface area contributed by atoms with E-state index < -0.39 is 9.84 Å². The van der Waals surface area contributed by atoms with E-state index in [9.17, 15) is 13.2 Å². The first-order chi connectivity index (χ1) is 13.3. The number of aryl methyl sites for hydroxylation is 2. The Morgan fingerprint density at radius 1 is 1.29 bits per heavy atom. The zero-order chi connectivity index (χ0) is 20.1. The summed E-state index contributed by atoms with van der Waals surface area (Å²) >= 11 is 0. The van der Waals surface area contributed by atoms with E-state index in [2.05, 4.69) is 20.2 Å². The van der Waals surface area contributed by atoms with Crippen LogP contribution in [0.2, 0.25) is 0 Å². The zero-order valence-electron chi connectivity index (χ0n) is 15.8. The number of carbonyl (C=O) groups excluding carboxylic acids is 1. The Morgan fingerprint density at radius 3 is 2.75 bits per heavy atom. The number of fused-ring (bicyclic) bond motifs is 1. The molecule has 4 heterocycles. The number of likely N-dealkylation sites (tertiary alicyclic amines) is 1. The standard InChI is InChI=1S/C17H20N6O4S/c1-10-14(11(2)27-21-10)16(24)22-6-4-5-12(8-22)15-13(28(3,25)26)7-18-17-19-9-20-23(15)17/h7,9,12H,4-6,8H2,1-3H3/t12-/m1/s1. The molecule has 0 bridgehead atoms. The van der Waals surface area contributed by atoms with Gasteiger partial charge in [0.05, 0.1) is 17.6 Å². The highest BCUT2D eigenvalue weighted by atomic mass is 32.2. The highest BCUT2D eigenvalue weighted by Crippen LogP contribution is 2.32. The van der Waals surface area contributed by atoms with E-state index in [4.69, 9.17) is 4.52 Å². The molecule has 28 heavy (non-hydrogen) atoms. The normalized spacial score (nSPS) is 18.0. The topological polar surface area (TPSA) is 124 Å². The van der Waals surface area contributed by atoms with Gasteiger partial charge >= 0.3 is 0 Å². The maximum atomic E-state index is 13.0. The van der Waals surface area contributed by atoms with Crippen LogP contribution in [0.4, 0.5) is 0 Å². The molecule has 0 aliphatic carbocycles. The number of piperidine rings is 1. The van der Waals surface area contributed by atoms with Crippen molar-refractivity contribution >= 4 is 21.5 Å². The van der Waals surface area contributed by atoms with Crippen LogP contribution in [-0.2, 0) is 9.84 Å².